The first-order chi connectivity index (χ1) is 10.2. The zero-order chi connectivity index (χ0) is 16.8. The molecule has 4 nitrogen and oxygen atoms in total. The predicted octanol–water partition coefficient (Wildman–Crippen LogP) is 3.24. The normalized spacial score (nSPS) is 13.0. The Morgan fingerprint density at radius 1 is 1.32 bits per heavy atom. The lowest BCUT2D eigenvalue weighted by molar-refractivity contribution is -0.122. The lowest BCUT2D eigenvalue weighted by Crippen LogP contribution is -2.37. The molecule has 0 spiro atoms. The number of carbonyl (C=O) groups excluding carboxylic acids is 1. The molecule has 124 valence electrons. The predicted molar refractivity (Wildman–Crippen MR) is 91.1 cm³/mol. The van der Waals surface area contributed by atoms with Crippen LogP contribution in [0.25, 0.3) is 0 Å². The molecule has 1 rings (SSSR count). The highest BCUT2D eigenvalue weighted by Crippen LogP contribution is 2.27. The Labute approximate surface area is 134 Å². The number of nitrogens with one attached hydrogen (secondary N) is 1. The third kappa shape index (κ3) is 6.06. The van der Waals surface area contributed by atoms with Crippen molar-refractivity contribution < 1.29 is 9.53 Å². The van der Waals surface area contributed by atoms with Crippen molar-refractivity contribution in [1.29, 1.82) is 0 Å². The fourth-order valence-electron chi connectivity index (χ4n) is 2.25. The quantitative estimate of drug-likeness (QED) is 0.841. The molecule has 0 radical (unpaired) electrons. The Hall–Kier alpha value is -1.55. The lowest BCUT2D eigenvalue weighted by Gasteiger charge is -2.26. The molecule has 0 fully saturated rings. The number of hydrogen-bond acceptors (Lipinski definition) is 3. The summed E-state index contributed by atoms with van der Waals surface area (Å²) < 4.78 is 5.40. The van der Waals surface area contributed by atoms with Gasteiger partial charge in [-0.2, -0.15) is 0 Å². The smallest absolute Gasteiger partial charge is 0.234 e. The van der Waals surface area contributed by atoms with E-state index >= 15 is 0 Å². The lowest BCUT2D eigenvalue weighted by atomic mass is 9.92. The first kappa shape index (κ1) is 18.5. The zero-order valence-corrected chi connectivity index (χ0v) is 14.8. The molecule has 1 aromatic carbocycles. The summed E-state index contributed by atoms with van der Waals surface area (Å²) in [6.45, 7) is 9.71. The van der Waals surface area contributed by atoms with Crippen molar-refractivity contribution in [3.63, 3.8) is 0 Å². The maximum Gasteiger partial charge on any atom is 0.234 e. The topological polar surface area (TPSA) is 41.6 Å². The maximum atomic E-state index is 12.0. The van der Waals surface area contributed by atoms with Crippen molar-refractivity contribution in [1.82, 2.24) is 10.2 Å². The molecule has 1 aromatic rings. The highest BCUT2D eigenvalue weighted by molar-refractivity contribution is 5.78. The summed E-state index contributed by atoms with van der Waals surface area (Å²) >= 11 is 0. The summed E-state index contributed by atoms with van der Waals surface area (Å²) in [6, 6.07) is 8.05. The largest absolute Gasteiger partial charge is 0.496 e. The second-order valence-corrected chi connectivity index (χ2v) is 6.99. The third-order valence-electron chi connectivity index (χ3n) is 3.84. The van der Waals surface area contributed by atoms with Gasteiger partial charge in [-0.3, -0.25) is 9.69 Å². The molecule has 0 aliphatic rings. The van der Waals surface area contributed by atoms with Gasteiger partial charge in [-0.1, -0.05) is 39.0 Å². The molecule has 0 saturated heterocycles. The van der Waals surface area contributed by atoms with Crippen LogP contribution in [-0.4, -0.2) is 38.1 Å². The van der Waals surface area contributed by atoms with E-state index in [1.807, 2.05) is 36.2 Å². The van der Waals surface area contributed by atoms with E-state index in [1.54, 1.807) is 7.11 Å². The van der Waals surface area contributed by atoms with Gasteiger partial charge in [-0.05, 0) is 31.9 Å². The maximum absolute atomic E-state index is 12.0. The number of nitrogens with zero attached hydrogens (tertiary/aromatic N) is 1. The molecular weight excluding hydrogens is 276 g/mol. The van der Waals surface area contributed by atoms with Gasteiger partial charge in [0, 0.05) is 18.2 Å². The second-order valence-electron chi connectivity index (χ2n) is 6.99. The van der Waals surface area contributed by atoms with Crippen LogP contribution in [0.3, 0.4) is 0 Å². The number of methoxy groups -OCH3 is 1. The second kappa shape index (κ2) is 8.18. The van der Waals surface area contributed by atoms with Gasteiger partial charge in [0.2, 0.25) is 5.91 Å². The highest BCUT2D eigenvalue weighted by atomic mass is 16.5. The van der Waals surface area contributed by atoms with E-state index in [4.69, 9.17) is 4.74 Å². The van der Waals surface area contributed by atoms with Crippen LogP contribution in [0.2, 0.25) is 0 Å². The Morgan fingerprint density at radius 3 is 2.55 bits per heavy atom. The van der Waals surface area contributed by atoms with Gasteiger partial charge < -0.3 is 10.1 Å². The van der Waals surface area contributed by atoms with Crippen LogP contribution in [0.5, 0.6) is 5.75 Å². The Kier molecular flexibility index (Phi) is 6.88. The first-order valence-corrected chi connectivity index (χ1v) is 7.84. The summed E-state index contributed by atoms with van der Waals surface area (Å²) in [4.78, 5) is 14.1. The molecule has 0 heterocycles. The van der Waals surface area contributed by atoms with Crippen LogP contribution in [0.4, 0.5) is 0 Å². The summed E-state index contributed by atoms with van der Waals surface area (Å²) in [6.07, 6.45) is 0.977. The average Bonchev–Trinajstić information content (AvgIpc) is 2.44. The molecule has 0 aromatic heterocycles. The number of carbonyl (C=O) groups is 1. The van der Waals surface area contributed by atoms with Crippen molar-refractivity contribution >= 4 is 5.91 Å². The Bertz CT molecular complexity index is 480. The van der Waals surface area contributed by atoms with E-state index in [0.29, 0.717) is 6.54 Å². The van der Waals surface area contributed by atoms with E-state index in [0.717, 1.165) is 24.3 Å². The molecule has 0 aliphatic carbocycles. The van der Waals surface area contributed by atoms with Gasteiger partial charge >= 0.3 is 0 Å². The van der Waals surface area contributed by atoms with Crippen LogP contribution in [0.1, 0.15) is 45.7 Å². The number of amides is 1. The molecule has 0 bridgehead atoms. The molecule has 1 N–H and O–H groups in total. The van der Waals surface area contributed by atoms with Gasteiger partial charge in [0.25, 0.3) is 0 Å². The number of hydrogen-bond donors (Lipinski definition) is 1. The van der Waals surface area contributed by atoms with Crippen LogP contribution < -0.4 is 10.1 Å². The van der Waals surface area contributed by atoms with E-state index in [9.17, 15) is 4.79 Å². The fraction of sp³-hybridized carbons (Fsp3) is 0.611. The van der Waals surface area contributed by atoms with E-state index < -0.39 is 0 Å². The molecular formula is C18H30N2O2. The molecule has 22 heavy (non-hydrogen) atoms. The van der Waals surface area contributed by atoms with Gasteiger partial charge in [-0.15, -0.1) is 0 Å². The van der Waals surface area contributed by atoms with E-state index in [1.165, 1.54) is 0 Å². The fourth-order valence-corrected chi connectivity index (χ4v) is 2.25. The summed E-state index contributed by atoms with van der Waals surface area (Å²) in [5.41, 5.74) is 1.33. The van der Waals surface area contributed by atoms with Crippen molar-refractivity contribution in [2.45, 2.75) is 40.2 Å². The molecule has 1 amide bonds. The minimum atomic E-state index is 0.0634. The Morgan fingerprint density at radius 2 is 1.95 bits per heavy atom. The number of ether oxygens (including phenoxy) is 1. The zero-order valence-electron chi connectivity index (χ0n) is 14.8. The molecule has 0 saturated carbocycles. The van der Waals surface area contributed by atoms with Crippen LogP contribution >= 0.6 is 0 Å². The number of likely N-dealkylation sites (N-methyl/N-ethyl adjacent to an activating group) is 1. The van der Waals surface area contributed by atoms with Crippen LogP contribution in [0, 0.1) is 5.41 Å². The minimum Gasteiger partial charge on any atom is -0.496 e. The number of benzene rings is 1. The van der Waals surface area contributed by atoms with Crippen molar-refractivity contribution in [2.75, 3.05) is 27.2 Å². The van der Waals surface area contributed by atoms with Crippen molar-refractivity contribution in [3.05, 3.63) is 29.8 Å². The van der Waals surface area contributed by atoms with Gasteiger partial charge in [-0.25, -0.2) is 0 Å². The first-order valence-electron chi connectivity index (χ1n) is 7.84. The minimum absolute atomic E-state index is 0.0634. The van der Waals surface area contributed by atoms with Crippen molar-refractivity contribution in [2.24, 2.45) is 5.41 Å². The summed E-state index contributed by atoms with van der Waals surface area (Å²) in [5.74, 6) is 0.920. The monoisotopic (exact) mass is 306 g/mol. The third-order valence-corrected chi connectivity index (χ3v) is 3.84. The molecule has 4 heteroatoms. The van der Waals surface area contributed by atoms with E-state index in [-0.39, 0.29) is 17.4 Å². The standard InChI is InChI=1S/C18H30N2O2/c1-14(15-9-7-8-10-16(15)22-6)20(5)13-17(21)19-12-11-18(2,3)4/h7-10,14H,11-13H2,1-6H3,(H,19,21). The number of rotatable bonds is 7. The van der Waals surface area contributed by atoms with Crippen LogP contribution in [-0.2, 0) is 4.79 Å². The Balaban J connectivity index is 2.53. The van der Waals surface area contributed by atoms with Gasteiger partial charge in [0.15, 0.2) is 0 Å². The van der Waals surface area contributed by atoms with Crippen molar-refractivity contribution in [3.8, 4) is 5.75 Å². The highest BCUT2D eigenvalue weighted by Gasteiger charge is 2.18. The molecule has 0 aliphatic heterocycles. The van der Waals surface area contributed by atoms with E-state index in [2.05, 4.69) is 33.0 Å². The van der Waals surface area contributed by atoms with Gasteiger partial charge in [0.05, 0.1) is 13.7 Å². The van der Waals surface area contributed by atoms with Crippen LogP contribution in [0.15, 0.2) is 24.3 Å². The summed E-state index contributed by atoms with van der Waals surface area (Å²) in [5, 5.41) is 2.99. The average molecular weight is 306 g/mol. The van der Waals surface area contributed by atoms with Gasteiger partial charge in [0.1, 0.15) is 5.75 Å². The SMILES string of the molecule is COc1ccccc1C(C)N(C)CC(=O)NCCC(C)(C)C. The number of para-hydroxylation sites is 1. The molecule has 1 unspecified atom stereocenters. The summed E-state index contributed by atoms with van der Waals surface area (Å²) in [7, 11) is 3.63. The molecule has 1 atom stereocenters.